The number of benzene rings is 2. The third kappa shape index (κ3) is 4.38. The Hall–Kier alpha value is -2.73. The highest BCUT2D eigenvalue weighted by atomic mass is 35.5. The number of nitrogens with one attached hydrogen (secondary N) is 1. The number of amides is 2. The lowest BCUT2D eigenvalue weighted by atomic mass is 9.87. The molecule has 0 radical (unpaired) electrons. The van der Waals surface area contributed by atoms with Gasteiger partial charge in [-0.1, -0.05) is 35.9 Å². The van der Waals surface area contributed by atoms with Crippen LogP contribution < -0.4 is 14.8 Å². The van der Waals surface area contributed by atoms with Gasteiger partial charge in [0, 0.05) is 30.6 Å². The van der Waals surface area contributed by atoms with Gasteiger partial charge in [-0.05, 0) is 32.0 Å². The second-order valence-electron chi connectivity index (χ2n) is 7.65. The molecule has 1 saturated heterocycles. The molecule has 0 spiro atoms. The van der Waals surface area contributed by atoms with Gasteiger partial charge in [0.25, 0.3) is 5.91 Å². The van der Waals surface area contributed by atoms with E-state index >= 15 is 0 Å². The average molecular weight is 431 g/mol. The zero-order chi connectivity index (χ0) is 21.8. The van der Waals surface area contributed by atoms with E-state index in [4.69, 9.17) is 21.1 Å². The minimum absolute atomic E-state index is 0.00123. The summed E-state index contributed by atoms with van der Waals surface area (Å²) >= 11 is 6.24. The molecule has 2 aromatic carbocycles. The van der Waals surface area contributed by atoms with Crippen molar-refractivity contribution >= 4 is 23.4 Å². The maximum atomic E-state index is 13.2. The van der Waals surface area contributed by atoms with Crippen molar-refractivity contribution in [2.75, 3.05) is 27.3 Å². The third-order valence-corrected chi connectivity index (χ3v) is 5.64. The number of halogens is 1. The van der Waals surface area contributed by atoms with Crippen LogP contribution >= 0.6 is 11.6 Å². The molecule has 30 heavy (non-hydrogen) atoms. The lowest BCUT2D eigenvalue weighted by molar-refractivity contribution is -0.125. The predicted octanol–water partition coefficient (Wildman–Crippen LogP) is 3.74. The molecule has 2 amide bonds. The number of rotatable bonds is 6. The van der Waals surface area contributed by atoms with E-state index in [2.05, 4.69) is 5.32 Å². The summed E-state index contributed by atoms with van der Waals surface area (Å²) in [6, 6.07) is 12.6. The van der Waals surface area contributed by atoms with Gasteiger partial charge in [0.05, 0.1) is 30.7 Å². The summed E-state index contributed by atoms with van der Waals surface area (Å²) in [6.45, 7) is 4.51. The van der Waals surface area contributed by atoms with Crippen molar-refractivity contribution in [1.82, 2.24) is 10.2 Å². The van der Waals surface area contributed by atoms with Gasteiger partial charge in [-0.25, -0.2) is 0 Å². The van der Waals surface area contributed by atoms with E-state index in [1.165, 1.54) is 0 Å². The number of hydrogen-bond donors (Lipinski definition) is 1. The largest absolute Gasteiger partial charge is 0.493 e. The number of carbonyl (C=O) groups is 2. The van der Waals surface area contributed by atoms with Crippen molar-refractivity contribution in [1.29, 1.82) is 0 Å². The van der Waals surface area contributed by atoms with Crippen LogP contribution in [0.3, 0.4) is 0 Å². The van der Waals surface area contributed by atoms with Gasteiger partial charge in [-0.15, -0.1) is 0 Å². The predicted molar refractivity (Wildman–Crippen MR) is 116 cm³/mol. The number of ether oxygens (including phenoxy) is 2. The molecule has 6 nitrogen and oxygen atoms in total. The fourth-order valence-electron chi connectivity index (χ4n) is 3.95. The van der Waals surface area contributed by atoms with Crippen LogP contribution in [0.5, 0.6) is 11.5 Å². The number of hydrogen-bond acceptors (Lipinski definition) is 4. The summed E-state index contributed by atoms with van der Waals surface area (Å²) in [4.78, 5) is 27.9. The Labute approximate surface area is 182 Å². The van der Waals surface area contributed by atoms with Crippen LogP contribution in [0.4, 0.5) is 0 Å². The van der Waals surface area contributed by atoms with Crippen LogP contribution in [0.2, 0.25) is 5.02 Å². The van der Waals surface area contributed by atoms with Gasteiger partial charge in [-0.2, -0.15) is 0 Å². The van der Waals surface area contributed by atoms with Crippen LogP contribution in [-0.2, 0) is 4.79 Å². The van der Waals surface area contributed by atoms with Crippen molar-refractivity contribution in [3.63, 3.8) is 0 Å². The van der Waals surface area contributed by atoms with Gasteiger partial charge in [0.15, 0.2) is 11.5 Å². The third-order valence-electron chi connectivity index (χ3n) is 5.31. The molecule has 2 atom stereocenters. The Morgan fingerprint density at radius 3 is 2.43 bits per heavy atom. The first-order valence-electron chi connectivity index (χ1n) is 9.92. The maximum absolute atomic E-state index is 13.2. The highest BCUT2D eigenvalue weighted by molar-refractivity contribution is 6.33. The zero-order valence-electron chi connectivity index (χ0n) is 17.6. The summed E-state index contributed by atoms with van der Waals surface area (Å²) in [5.74, 6) is 0.245. The first-order chi connectivity index (χ1) is 14.4. The van der Waals surface area contributed by atoms with E-state index < -0.39 is 5.92 Å². The van der Waals surface area contributed by atoms with E-state index in [1.54, 1.807) is 43.4 Å². The molecule has 160 valence electrons. The average Bonchev–Trinajstić information content (AvgIpc) is 3.18. The minimum Gasteiger partial charge on any atom is -0.493 e. The monoisotopic (exact) mass is 430 g/mol. The van der Waals surface area contributed by atoms with E-state index in [1.807, 2.05) is 32.0 Å². The lowest BCUT2D eigenvalue weighted by Gasteiger charge is -2.22. The Balaban J connectivity index is 1.99. The molecular formula is C23H27ClN2O4. The SMILES string of the molecule is COc1cccc(C2CN(C(=O)c3ccccc3Cl)CC2C(=O)NC(C)C)c1OC. The molecule has 1 aliphatic rings. The molecule has 0 saturated carbocycles. The standard InChI is InChI=1S/C23H27ClN2O4/c1-14(2)25-22(27)18-13-26(23(28)16-8-5-6-10-19(16)24)12-17(18)15-9-7-11-20(29-3)21(15)30-4/h5-11,14,17-18H,12-13H2,1-4H3,(H,25,27). The molecule has 3 rings (SSSR count). The van der Waals surface area contributed by atoms with Gasteiger partial charge in [-0.3, -0.25) is 9.59 Å². The Morgan fingerprint density at radius 1 is 1.07 bits per heavy atom. The molecule has 2 unspecified atom stereocenters. The quantitative estimate of drug-likeness (QED) is 0.758. The second kappa shape index (κ2) is 9.39. The molecule has 1 heterocycles. The number of likely N-dealkylation sites (tertiary alicyclic amines) is 1. The van der Waals surface area contributed by atoms with Gasteiger partial charge < -0.3 is 19.7 Å². The first-order valence-corrected chi connectivity index (χ1v) is 10.3. The molecule has 1 aliphatic heterocycles. The molecule has 0 aliphatic carbocycles. The fraction of sp³-hybridized carbons (Fsp3) is 0.391. The Morgan fingerprint density at radius 2 is 1.80 bits per heavy atom. The summed E-state index contributed by atoms with van der Waals surface area (Å²) in [5.41, 5.74) is 1.27. The minimum atomic E-state index is -0.417. The zero-order valence-corrected chi connectivity index (χ0v) is 18.4. The second-order valence-corrected chi connectivity index (χ2v) is 8.06. The van der Waals surface area contributed by atoms with Gasteiger partial charge >= 0.3 is 0 Å². The topological polar surface area (TPSA) is 67.9 Å². The normalized spacial score (nSPS) is 18.4. The molecule has 0 aromatic heterocycles. The van der Waals surface area contributed by atoms with Gasteiger partial charge in [0.2, 0.25) is 5.91 Å². The van der Waals surface area contributed by atoms with Crippen LogP contribution in [-0.4, -0.2) is 50.1 Å². The molecule has 0 bridgehead atoms. The number of nitrogens with zero attached hydrogens (tertiary/aromatic N) is 1. The summed E-state index contributed by atoms with van der Waals surface area (Å²) in [5, 5.41) is 3.38. The van der Waals surface area contributed by atoms with Crippen molar-refractivity contribution in [2.45, 2.75) is 25.8 Å². The van der Waals surface area contributed by atoms with Crippen molar-refractivity contribution < 1.29 is 19.1 Å². The molecule has 1 N–H and O–H groups in total. The van der Waals surface area contributed by atoms with Crippen LogP contribution in [0, 0.1) is 5.92 Å². The van der Waals surface area contributed by atoms with E-state index in [-0.39, 0.29) is 23.8 Å². The van der Waals surface area contributed by atoms with Crippen LogP contribution in [0.1, 0.15) is 35.7 Å². The van der Waals surface area contributed by atoms with E-state index in [9.17, 15) is 9.59 Å². The van der Waals surface area contributed by atoms with Crippen molar-refractivity contribution in [3.05, 3.63) is 58.6 Å². The first kappa shape index (κ1) is 22.0. The number of para-hydroxylation sites is 1. The van der Waals surface area contributed by atoms with Crippen molar-refractivity contribution in [2.24, 2.45) is 5.92 Å². The Kier molecular flexibility index (Phi) is 6.87. The molecule has 2 aromatic rings. The molecular weight excluding hydrogens is 404 g/mol. The van der Waals surface area contributed by atoms with Gasteiger partial charge in [0.1, 0.15) is 0 Å². The molecule has 7 heteroatoms. The van der Waals surface area contributed by atoms with Crippen molar-refractivity contribution in [3.8, 4) is 11.5 Å². The fourth-order valence-corrected chi connectivity index (χ4v) is 4.17. The van der Waals surface area contributed by atoms with Crippen LogP contribution in [0.25, 0.3) is 0 Å². The Bertz CT molecular complexity index is 931. The smallest absolute Gasteiger partial charge is 0.255 e. The summed E-state index contributed by atoms with van der Waals surface area (Å²) in [7, 11) is 3.15. The number of carbonyl (C=O) groups excluding carboxylic acids is 2. The highest BCUT2D eigenvalue weighted by Gasteiger charge is 2.42. The van der Waals surface area contributed by atoms with E-state index in [0.29, 0.717) is 35.2 Å². The summed E-state index contributed by atoms with van der Waals surface area (Å²) in [6.07, 6.45) is 0. The van der Waals surface area contributed by atoms with Crippen LogP contribution in [0.15, 0.2) is 42.5 Å². The molecule has 1 fully saturated rings. The maximum Gasteiger partial charge on any atom is 0.255 e. The number of methoxy groups -OCH3 is 2. The summed E-state index contributed by atoms with van der Waals surface area (Å²) < 4.78 is 11.0. The lowest BCUT2D eigenvalue weighted by Crippen LogP contribution is -2.39. The highest BCUT2D eigenvalue weighted by Crippen LogP contribution is 2.42. The van der Waals surface area contributed by atoms with E-state index in [0.717, 1.165) is 5.56 Å².